The zero-order chi connectivity index (χ0) is 16.8. The highest BCUT2D eigenvalue weighted by Gasteiger charge is 2.31. The number of rotatable bonds is 4. The van der Waals surface area contributed by atoms with E-state index in [0.717, 1.165) is 18.5 Å². The minimum absolute atomic E-state index is 0.154. The third-order valence-corrected chi connectivity index (χ3v) is 4.09. The predicted molar refractivity (Wildman–Crippen MR) is 86.8 cm³/mol. The first-order valence-electron chi connectivity index (χ1n) is 7.58. The zero-order valence-corrected chi connectivity index (χ0v) is 13.0. The van der Waals surface area contributed by atoms with Crippen LogP contribution < -0.4 is 10.6 Å². The number of carbonyl (C=O) groups is 1. The third kappa shape index (κ3) is 2.32. The van der Waals surface area contributed by atoms with Crippen LogP contribution in [0.1, 0.15) is 23.2 Å². The fraction of sp³-hybridized carbons (Fsp3) is 0.250. The number of nitrogens with zero attached hydrogens (tertiary/aromatic N) is 5. The second-order valence-corrected chi connectivity index (χ2v) is 5.83. The van der Waals surface area contributed by atoms with Crippen molar-refractivity contribution in [1.29, 1.82) is 0 Å². The van der Waals surface area contributed by atoms with Gasteiger partial charge in [-0.05, 0) is 31.0 Å². The Morgan fingerprint density at radius 3 is 2.75 bits per heavy atom. The lowest BCUT2D eigenvalue weighted by molar-refractivity contribution is 0.0696. The van der Waals surface area contributed by atoms with Gasteiger partial charge >= 0.3 is 11.7 Å². The van der Waals surface area contributed by atoms with Crippen molar-refractivity contribution in [2.24, 2.45) is 7.05 Å². The molecular formula is C16H15N5O3. The van der Waals surface area contributed by atoms with E-state index in [2.05, 4.69) is 15.0 Å². The number of aryl methyl sites for hydroxylation is 1. The van der Waals surface area contributed by atoms with Crippen molar-refractivity contribution in [3.05, 3.63) is 52.7 Å². The SMILES string of the molecule is Cn1nc2cc(N(c3ccc(C(=O)O)cn3)C3CC3)ccn2c1=O. The van der Waals surface area contributed by atoms with Crippen molar-refractivity contribution in [2.45, 2.75) is 18.9 Å². The highest BCUT2D eigenvalue weighted by atomic mass is 16.4. The third-order valence-electron chi connectivity index (χ3n) is 4.09. The molecule has 122 valence electrons. The summed E-state index contributed by atoms with van der Waals surface area (Å²) in [6.07, 6.45) is 5.14. The molecule has 0 radical (unpaired) electrons. The van der Waals surface area contributed by atoms with E-state index in [1.54, 1.807) is 25.4 Å². The first-order chi connectivity index (χ1) is 11.5. The van der Waals surface area contributed by atoms with Crippen LogP contribution in [0.25, 0.3) is 5.65 Å². The fourth-order valence-corrected chi connectivity index (χ4v) is 2.74. The first-order valence-corrected chi connectivity index (χ1v) is 7.58. The lowest BCUT2D eigenvalue weighted by Gasteiger charge is -2.23. The van der Waals surface area contributed by atoms with Gasteiger partial charge in [0.05, 0.1) is 5.56 Å². The van der Waals surface area contributed by atoms with Crippen LogP contribution in [0.2, 0.25) is 0 Å². The highest BCUT2D eigenvalue weighted by Crippen LogP contribution is 2.37. The summed E-state index contributed by atoms with van der Waals surface area (Å²) in [4.78, 5) is 29.2. The standard InChI is InChI=1S/C16H15N5O3/c1-19-16(24)20-7-6-12(8-14(20)18-19)21(11-3-4-11)13-5-2-10(9-17-13)15(22)23/h2,5-9,11H,3-4H2,1H3,(H,22,23). The summed E-state index contributed by atoms with van der Waals surface area (Å²) in [5, 5.41) is 13.2. The van der Waals surface area contributed by atoms with Gasteiger partial charge in [-0.25, -0.2) is 19.3 Å². The average molecular weight is 325 g/mol. The van der Waals surface area contributed by atoms with Gasteiger partial charge in [0.15, 0.2) is 5.65 Å². The smallest absolute Gasteiger partial charge is 0.350 e. The van der Waals surface area contributed by atoms with Crippen LogP contribution in [0, 0.1) is 0 Å². The number of fused-ring (bicyclic) bond motifs is 1. The Hall–Kier alpha value is -3.16. The monoisotopic (exact) mass is 325 g/mol. The normalized spacial score (nSPS) is 14.0. The number of hydrogen-bond donors (Lipinski definition) is 1. The van der Waals surface area contributed by atoms with Gasteiger partial charge in [-0.2, -0.15) is 5.10 Å². The summed E-state index contributed by atoms with van der Waals surface area (Å²) in [5.74, 6) is -0.313. The molecule has 1 aliphatic rings. The van der Waals surface area contributed by atoms with Crippen molar-refractivity contribution >= 4 is 23.1 Å². The molecule has 24 heavy (non-hydrogen) atoms. The minimum atomic E-state index is -0.999. The molecule has 0 amide bonds. The van der Waals surface area contributed by atoms with Crippen LogP contribution >= 0.6 is 0 Å². The average Bonchev–Trinajstić information content (AvgIpc) is 3.35. The van der Waals surface area contributed by atoms with E-state index in [1.807, 2.05) is 12.1 Å². The lowest BCUT2D eigenvalue weighted by Crippen LogP contribution is -2.21. The van der Waals surface area contributed by atoms with Crippen LogP contribution in [0.5, 0.6) is 0 Å². The van der Waals surface area contributed by atoms with Gasteiger partial charge in [0, 0.05) is 37.2 Å². The molecule has 0 bridgehead atoms. The van der Waals surface area contributed by atoms with E-state index in [4.69, 9.17) is 5.11 Å². The second-order valence-electron chi connectivity index (χ2n) is 5.83. The molecule has 3 aromatic rings. The van der Waals surface area contributed by atoms with Crippen molar-refractivity contribution in [3.63, 3.8) is 0 Å². The molecule has 0 unspecified atom stereocenters. The molecule has 8 nitrogen and oxygen atoms in total. The Labute approximate surface area is 136 Å². The number of carboxylic acid groups (broad SMARTS) is 1. The maximum absolute atomic E-state index is 11.9. The van der Waals surface area contributed by atoms with Gasteiger partial charge in [-0.1, -0.05) is 0 Å². The molecule has 4 rings (SSSR count). The maximum Gasteiger partial charge on any atom is 0.350 e. The first kappa shape index (κ1) is 14.4. The molecular weight excluding hydrogens is 310 g/mol. The number of carboxylic acids is 1. The van der Waals surface area contributed by atoms with Crippen molar-refractivity contribution in [1.82, 2.24) is 19.2 Å². The Morgan fingerprint density at radius 2 is 2.12 bits per heavy atom. The van der Waals surface area contributed by atoms with E-state index in [-0.39, 0.29) is 11.3 Å². The quantitative estimate of drug-likeness (QED) is 0.780. The van der Waals surface area contributed by atoms with Crippen molar-refractivity contribution < 1.29 is 9.90 Å². The second kappa shape index (κ2) is 5.19. The van der Waals surface area contributed by atoms with Crippen LogP contribution in [-0.2, 0) is 7.05 Å². The van der Waals surface area contributed by atoms with Gasteiger partial charge in [0.2, 0.25) is 0 Å². The Morgan fingerprint density at radius 1 is 1.33 bits per heavy atom. The van der Waals surface area contributed by atoms with Gasteiger partial charge in [0.1, 0.15) is 5.82 Å². The van der Waals surface area contributed by atoms with Crippen molar-refractivity contribution in [2.75, 3.05) is 4.90 Å². The topological polar surface area (TPSA) is 92.7 Å². The number of anilines is 2. The summed E-state index contributed by atoms with van der Waals surface area (Å²) in [5.41, 5.74) is 1.40. The summed E-state index contributed by atoms with van der Waals surface area (Å²) < 4.78 is 2.77. The summed E-state index contributed by atoms with van der Waals surface area (Å²) in [6.45, 7) is 0. The van der Waals surface area contributed by atoms with E-state index in [9.17, 15) is 9.59 Å². The summed E-state index contributed by atoms with van der Waals surface area (Å²) in [6, 6.07) is 7.26. The van der Waals surface area contributed by atoms with Gasteiger partial charge in [-0.15, -0.1) is 0 Å². The Bertz CT molecular complexity index is 985. The molecule has 0 aromatic carbocycles. The summed E-state index contributed by atoms with van der Waals surface area (Å²) in [7, 11) is 1.61. The van der Waals surface area contributed by atoms with Crippen molar-refractivity contribution in [3.8, 4) is 0 Å². The van der Waals surface area contributed by atoms with Crippen LogP contribution in [0.4, 0.5) is 11.5 Å². The van der Waals surface area contributed by atoms with E-state index < -0.39 is 5.97 Å². The number of aromatic carboxylic acids is 1. The van der Waals surface area contributed by atoms with Gasteiger partial charge in [-0.3, -0.25) is 4.40 Å². The number of hydrogen-bond acceptors (Lipinski definition) is 5. The minimum Gasteiger partial charge on any atom is -0.478 e. The molecule has 1 saturated carbocycles. The molecule has 0 spiro atoms. The zero-order valence-electron chi connectivity index (χ0n) is 13.0. The largest absolute Gasteiger partial charge is 0.478 e. The van der Waals surface area contributed by atoms with Crippen LogP contribution in [0.15, 0.2) is 41.5 Å². The van der Waals surface area contributed by atoms with E-state index in [0.29, 0.717) is 17.5 Å². The summed E-state index contributed by atoms with van der Waals surface area (Å²) >= 11 is 0. The lowest BCUT2D eigenvalue weighted by atomic mass is 10.2. The molecule has 3 heterocycles. The Balaban J connectivity index is 1.78. The molecule has 0 saturated heterocycles. The van der Waals surface area contributed by atoms with Crippen LogP contribution in [0.3, 0.4) is 0 Å². The van der Waals surface area contributed by atoms with E-state index in [1.165, 1.54) is 15.3 Å². The maximum atomic E-state index is 11.9. The molecule has 0 aliphatic heterocycles. The van der Waals surface area contributed by atoms with Gasteiger partial charge < -0.3 is 10.0 Å². The molecule has 8 heteroatoms. The fourth-order valence-electron chi connectivity index (χ4n) is 2.74. The molecule has 3 aromatic heterocycles. The molecule has 1 aliphatic carbocycles. The van der Waals surface area contributed by atoms with Crippen LogP contribution in [-0.4, -0.2) is 36.3 Å². The number of pyridine rings is 2. The Kier molecular flexibility index (Phi) is 3.12. The molecule has 1 fully saturated rings. The van der Waals surface area contributed by atoms with Gasteiger partial charge in [0.25, 0.3) is 0 Å². The van der Waals surface area contributed by atoms with E-state index >= 15 is 0 Å². The predicted octanol–water partition coefficient (Wildman–Crippen LogP) is 1.43. The highest BCUT2D eigenvalue weighted by molar-refractivity contribution is 5.87. The number of aromatic nitrogens is 4. The molecule has 0 atom stereocenters. The molecule has 1 N–H and O–H groups in total.